The molecule has 29 heavy (non-hydrogen) atoms. The van der Waals surface area contributed by atoms with E-state index in [0.29, 0.717) is 30.0 Å². The van der Waals surface area contributed by atoms with Crippen molar-refractivity contribution in [3.8, 4) is 17.3 Å². The Balaban J connectivity index is 1.64. The molecule has 0 radical (unpaired) electrons. The smallest absolute Gasteiger partial charge is 0.272 e. The predicted octanol–water partition coefficient (Wildman–Crippen LogP) is 3.44. The van der Waals surface area contributed by atoms with Gasteiger partial charge < -0.3 is 10.0 Å². The number of carbonyl (C=O) groups excluding carboxylic acids is 1. The van der Waals surface area contributed by atoms with Crippen LogP contribution in [0.2, 0.25) is 0 Å². The van der Waals surface area contributed by atoms with Crippen molar-refractivity contribution >= 4 is 5.91 Å². The number of benzene rings is 2. The lowest BCUT2D eigenvalue weighted by Gasteiger charge is -2.31. The summed E-state index contributed by atoms with van der Waals surface area (Å²) in [6.07, 6.45) is 0. The van der Waals surface area contributed by atoms with Gasteiger partial charge in [-0.1, -0.05) is 35.9 Å². The van der Waals surface area contributed by atoms with E-state index in [9.17, 15) is 9.90 Å². The topological polar surface area (TPSA) is 82.2 Å². The molecule has 6 heteroatoms. The van der Waals surface area contributed by atoms with Crippen molar-refractivity contribution < 1.29 is 9.90 Å². The Morgan fingerprint density at radius 2 is 1.97 bits per heavy atom. The number of rotatable bonds is 4. The number of nitriles is 1. The van der Waals surface area contributed by atoms with Gasteiger partial charge in [-0.3, -0.25) is 9.48 Å². The summed E-state index contributed by atoms with van der Waals surface area (Å²) in [5.41, 5.74) is 5.56. The van der Waals surface area contributed by atoms with E-state index < -0.39 is 0 Å². The molecule has 2 heterocycles. The number of aliphatic hydroxyl groups excluding tert-OH is 1. The summed E-state index contributed by atoms with van der Waals surface area (Å²) in [5, 5.41) is 23.3. The normalized spacial score (nSPS) is 15.9. The molecule has 1 unspecified atom stereocenters. The Morgan fingerprint density at radius 3 is 2.66 bits per heavy atom. The van der Waals surface area contributed by atoms with Gasteiger partial charge in [0.1, 0.15) is 5.69 Å². The highest BCUT2D eigenvalue weighted by atomic mass is 16.3. The molecular formula is C23H22N4O2. The van der Waals surface area contributed by atoms with E-state index in [-0.39, 0.29) is 18.6 Å². The summed E-state index contributed by atoms with van der Waals surface area (Å²) in [6, 6.07) is 17.1. The van der Waals surface area contributed by atoms with Crippen LogP contribution in [0.3, 0.4) is 0 Å². The van der Waals surface area contributed by atoms with Gasteiger partial charge in [-0.15, -0.1) is 0 Å². The average molecular weight is 386 g/mol. The summed E-state index contributed by atoms with van der Waals surface area (Å²) in [6.45, 7) is 5.00. The number of hydrogen-bond acceptors (Lipinski definition) is 4. The monoisotopic (exact) mass is 386 g/mol. The highest BCUT2D eigenvalue weighted by Crippen LogP contribution is 2.29. The summed E-state index contributed by atoms with van der Waals surface area (Å²) in [7, 11) is 0. The van der Waals surface area contributed by atoms with Crippen LogP contribution < -0.4 is 0 Å². The fourth-order valence-electron chi connectivity index (χ4n) is 3.81. The maximum atomic E-state index is 13.1. The zero-order chi connectivity index (χ0) is 20.5. The van der Waals surface area contributed by atoms with E-state index in [4.69, 9.17) is 5.26 Å². The first-order valence-corrected chi connectivity index (χ1v) is 9.58. The minimum absolute atomic E-state index is 0.0397. The number of fused-ring (bicyclic) bond motifs is 1. The van der Waals surface area contributed by atoms with E-state index >= 15 is 0 Å². The fourth-order valence-corrected chi connectivity index (χ4v) is 3.81. The maximum Gasteiger partial charge on any atom is 0.272 e. The van der Waals surface area contributed by atoms with Crippen LogP contribution in [-0.4, -0.2) is 32.2 Å². The highest BCUT2D eigenvalue weighted by molar-refractivity contribution is 5.94. The number of aromatic nitrogens is 2. The molecule has 0 saturated carbocycles. The van der Waals surface area contributed by atoms with Gasteiger partial charge in [-0.25, -0.2) is 0 Å². The number of aliphatic hydroxyl groups is 1. The van der Waals surface area contributed by atoms with Gasteiger partial charge in [-0.2, -0.15) is 10.4 Å². The molecule has 0 fully saturated rings. The SMILES string of the molecule is Cc1ccc(-c2cc3n(n2)C(C)CN(Cc2ccc(C#N)cc2)C3=O)c(CO)c1. The molecule has 0 spiro atoms. The van der Waals surface area contributed by atoms with Crippen molar-refractivity contribution in [3.63, 3.8) is 0 Å². The van der Waals surface area contributed by atoms with Crippen molar-refractivity contribution in [2.45, 2.75) is 33.0 Å². The van der Waals surface area contributed by atoms with Gasteiger partial charge >= 0.3 is 0 Å². The van der Waals surface area contributed by atoms with Gasteiger partial charge in [0.2, 0.25) is 0 Å². The second-order valence-corrected chi connectivity index (χ2v) is 7.52. The van der Waals surface area contributed by atoms with Crippen LogP contribution in [0.25, 0.3) is 11.3 Å². The molecule has 6 nitrogen and oxygen atoms in total. The maximum absolute atomic E-state index is 13.1. The summed E-state index contributed by atoms with van der Waals surface area (Å²) in [4.78, 5) is 14.9. The molecule has 1 aliphatic heterocycles. The van der Waals surface area contributed by atoms with Gasteiger partial charge in [0.05, 0.1) is 30.0 Å². The molecule has 1 aliphatic rings. The van der Waals surface area contributed by atoms with Crippen LogP contribution in [0.15, 0.2) is 48.5 Å². The lowest BCUT2D eigenvalue weighted by molar-refractivity contribution is 0.0651. The standard InChI is InChI=1S/C23H22N4O2/c1-15-3-8-20(19(9-15)14-28)21-10-22-23(29)26(12-16(2)27(22)25-21)13-18-6-4-17(11-24)5-7-18/h3-10,16,28H,12-14H2,1-2H3. The Hall–Kier alpha value is -3.43. The van der Waals surface area contributed by atoms with Crippen LogP contribution in [0.5, 0.6) is 0 Å². The zero-order valence-corrected chi connectivity index (χ0v) is 16.5. The third-order valence-corrected chi connectivity index (χ3v) is 5.31. The minimum Gasteiger partial charge on any atom is -0.392 e. The summed E-state index contributed by atoms with van der Waals surface area (Å²) in [5.74, 6) is -0.0659. The molecule has 1 aromatic heterocycles. The Kier molecular flexibility index (Phi) is 4.91. The first-order chi connectivity index (χ1) is 14.0. The third-order valence-electron chi connectivity index (χ3n) is 5.31. The first kappa shape index (κ1) is 18.9. The third kappa shape index (κ3) is 3.53. The van der Waals surface area contributed by atoms with Gasteiger partial charge in [-0.05, 0) is 43.2 Å². The van der Waals surface area contributed by atoms with Crippen molar-refractivity contribution in [1.29, 1.82) is 5.26 Å². The lowest BCUT2D eigenvalue weighted by atomic mass is 10.0. The van der Waals surface area contributed by atoms with Crippen molar-refractivity contribution in [2.24, 2.45) is 0 Å². The fraction of sp³-hybridized carbons (Fsp3) is 0.261. The molecule has 2 aromatic carbocycles. The van der Waals surface area contributed by atoms with Gasteiger partial charge in [0.25, 0.3) is 5.91 Å². The number of hydrogen-bond donors (Lipinski definition) is 1. The van der Waals surface area contributed by atoms with E-state index in [1.807, 2.05) is 55.1 Å². The Bertz CT molecular complexity index is 1110. The van der Waals surface area contributed by atoms with Crippen LogP contribution in [0.4, 0.5) is 0 Å². The van der Waals surface area contributed by atoms with E-state index in [0.717, 1.165) is 22.3 Å². The second-order valence-electron chi connectivity index (χ2n) is 7.52. The molecule has 3 aromatic rings. The van der Waals surface area contributed by atoms with Gasteiger partial charge in [0.15, 0.2) is 0 Å². The molecule has 0 saturated heterocycles. The van der Waals surface area contributed by atoms with E-state index in [1.165, 1.54) is 0 Å². The predicted molar refractivity (Wildman–Crippen MR) is 109 cm³/mol. The molecule has 1 atom stereocenters. The van der Waals surface area contributed by atoms with Crippen LogP contribution >= 0.6 is 0 Å². The highest BCUT2D eigenvalue weighted by Gasteiger charge is 2.31. The molecular weight excluding hydrogens is 364 g/mol. The first-order valence-electron chi connectivity index (χ1n) is 9.58. The van der Waals surface area contributed by atoms with Crippen molar-refractivity contribution in [3.05, 3.63) is 76.5 Å². The molecule has 4 rings (SSSR count). The molecule has 0 bridgehead atoms. The van der Waals surface area contributed by atoms with E-state index in [1.54, 1.807) is 16.8 Å². The number of amides is 1. The number of aryl methyl sites for hydroxylation is 1. The summed E-state index contributed by atoms with van der Waals surface area (Å²) < 4.78 is 1.79. The number of carbonyl (C=O) groups is 1. The van der Waals surface area contributed by atoms with Crippen molar-refractivity contribution in [1.82, 2.24) is 14.7 Å². The number of nitrogens with zero attached hydrogens (tertiary/aromatic N) is 4. The second kappa shape index (κ2) is 7.53. The zero-order valence-electron chi connectivity index (χ0n) is 16.5. The minimum atomic E-state index is -0.0759. The average Bonchev–Trinajstić information content (AvgIpc) is 3.18. The van der Waals surface area contributed by atoms with Crippen LogP contribution in [0, 0.1) is 18.3 Å². The lowest BCUT2D eigenvalue weighted by Crippen LogP contribution is -2.41. The quantitative estimate of drug-likeness (QED) is 0.745. The van der Waals surface area contributed by atoms with Gasteiger partial charge in [0, 0.05) is 18.7 Å². The van der Waals surface area contributed by atoms with Crippen LogP contribution in [0.1, 0.15) is 45.7 Å². The Labute approximate surface area is 169 Å². The molecule has 146 valence electrons. The molecule has 1 amide bonds. The molecule has 1 N–H and O–H groups in total. The van der Waals surface area contributed by atoms with Crippen LogP contribution in [-0.2, 0) is 13.2 Å². The van der Waals surface area contributed by atoms with Crippen molar-refractivity contribution in [2.75, 3.05) is 6.54 Å². The largest absolute Gasteiger partial charge is 0.392 e. The van der Waals surface area contributed by atoms with E-state index in [2.05, 4.69) is 11.2 Å². The summed E-state index contributed by atoms with van der Waals surface area (Å²) >= 11 is 0. The molecule has 0 aliphatic carbocycles. The Morgan fingerprint density at radius 1 is 1.21 bits per heavy atom.